The van der Waals surface area contributed by atoms with Crippen molar-refractivity contribution in [2.24, 2.45) is 0 Å². The van der Waals surface area contributed by atoms with Crippen molar-refractivity contribution in [2.45, 2.75) is 41.9 Å². The molecule has 12 nitrogen and oxygen atoms in total. The van der Waals surface area contributed by atoms with Crippen LogP contribution in [-0.4, -0.2) is 61.6 Å². The fourth-order valence-corrected chi connectivity index (χ4v) is 8.56. The average Bonchev–Trinajstić information content (AvgIpc) is 3.36. The number of carbonyl (C=O) groups excluding carboxylic acids is 3. The Morgan fingerprint density at radius 1 is 1.00 bits per heavy atom. The molecule has 1 heterocycles. The quantitative estimate of drug-likeness (QED) is 0.0842. The van der Waals surface area contributed by atoms with E-state index >= 15 is 0 Å². The Kier molecular flexibility index (Phi) is 11.5. The SMILES string of the molecule is COC(=O)c1cc2ccccc2cc1OCCCCNC(=O)C(Cc1ccc(C2CC(=O)NS2(O)O)c(Cl)c1)NS(=O)(=O)c1ccccc1. The highest BCUT2D eigenvalue weighted by molar-refractivity contribution is 8.23. The number of rotatable bonds is 14. The minimum atomic E-state index is -4.09. The van der Waals surface area contributed by atoms with Crippen molar-refractivity contribution >= 4 is 61.0 Å². The van der Waals surface area contributed by atoms with E-state index in [1.165, 1.54) is 25.3 Å². The molecular weight excluding hydrogens is 694 g/mol. The molecule has 0 radical (unpaired) electrons. The first-order chi connectivity index (χ1) is 23.4. The summed E-state index contributed by atoms with van der Waals surface area (Å²) in [6, 6.07) is 22.1. The number of esters is 1. The molecule has 2 unspecified atom stereocenters. The summed E-state index contributed by atoms with van der Waals surface area (Å²) < 4.78 is 62.5. The number of unbranched alkanes of at least 4 members (excludes halogenated alkanes) is 1. The maximum absolute atomic E-state index is 13.4. The highest BCUT2D eigenvalue weighted by Crippen LogP contribution is 2.57. The Hall–Kier alpha value is -4.18. The number of nitrogens with one attached hydrogen (secondary N) is 3. The Bertz CT molecular complexity index is 1960. The number of ether oxygens (including phenoxy) is 2. The van der Waals surface area contributed by atoms with Gasteiger partial charge in [0.05, 0.1) is 25.0 Å². The fourth-order valence-electron chi connectivity index (χ4n) is 5.44. The maximum atomic E-state index is 13.4. The zero-order valence-electron chi connectivity index (χ0n) is 26.4. The van der Waals surface area contributed by atoms with Gasteiger partial charge in [-0.2, -0.15) is 4.72 Å². The van der Waals surface area contributed by atoms with Crippen LogP contribution in [0.5, 0.6) is 5.75 Å². The minimum Gasteiger partial charge on any atom is -0.493 e. The van der Waals surface area contributed by atoms with Crippen LogP contribution in [-0.2, 0) is 30.8 Å². The van der Waals surface area contributed by atoms with E-state index in [9.17, 15) is 31.9 Å². The summed E-state index contributed by atoms with van der Waals surface area (Å²) in [6.45, 7) is 0.466. The summed E-state index contributed by atoms with van der Waals surface area (Å²) in [4.78, 5) is 37.6. The lowest BCUT2D eigenvalue weighted by Crippen LogP contribution is -2.48. The van der Waals surface area contributed by atoms with Gasteiger partial charge in [-0.15, -0.1) is 10.8 Å². The van der Waals surface area contributed by atoms with Gasteiger partial charge in [-0.1, -0.05) is 66.2 Å². The van der Waals surface area contributed by atoms with E-state index in [4.69, 9.17) is 21.1 Å². The lowest BCUT2D eigenvalue weighted by atomic mass is 10.0. The number of carbonyl (C=O) groups is 3. The van der Waals surface area contributed by atoms with Gasteiger partial charge in [0.1, 0.15) is 22.6 Å². The molecule has 0 spiro atoms. The second-order valence-corrected chi connectivity index (χ2v) is 15.5. The molecule has 0 aromatic heterocycles. The Balaban J connectivity index is 1.23. The Morgan fingerprint density at radius 2 is 1.69 bits per heavy atom. The predicted octanol–water partition coefficient (Wildman–Crippen LogP) is 5.37. The number of fused-ring (bicyclic) bond motifs is 1. The zero-order valence-corrected chi connectivity index (χ0v) is 28.8. The molecule has 4 aromatic rings. The van der Waals surface area contributed by atoms with Gasteiger partial charge in [0.15, 0.2) is 0 Å². The number of hydrogen-bond donors (Lipinski definition) is 5. The molecule has 1 aliphatic rings. The van der Waals surface area contributed by atoms with Crippen LogP contribution in [0.1, 0.15) is 46.0 Å². The van der Waals surface area contributed by atoms with E-state index in [0.717, 1.165) is 10.8 Å². The smallest absolute Gasteiger partial charge is 0.341 e. The summed E-state index contributed by atoms with van der Waals surface area (Å²) in [5, 5.41) is 3.77. The van der Waals surface area contributed by atoms with Crippen molar-refractivity contribution in [1.29, 1.82) is 0 Å². The van der Waals surface area contributed by atoms with Crippen LogP contribution in [0, 0.1) is 0 Å². The van der Waals surface area contributed by atoms with E-state index in [0.29, 0.717) is 35.3 Å². The normalized spacial score (nSPS) is 16.8. The lowest BCUT2D eigenvalue weighted by molar-refractivity contribution is -0.122. The van der Waals surface area contributed by atoms with Gasteiger partial charge in [0.25, 0.3) is 0 Å². The molecular formula is C34H36ClN3O9S2. The second-order valence-electron chi connectivity index (χ2n) is 11.4. The molecule has 49 heavy (non-hydrogen) atoms. The van der Waals surface area contributed by atoms with E-state index in [1.54, 1.807) is 42.5 Å². The van der Waals surface area contributed by atoms with Gasteiger partial charge < -0.3 is 14.8 Å². The van der Waals surface area contributed by atoms with Crippen LogP contribution in [0.2, 0.25) is 5.02 Å². The van der Waals surface area contributed by atoms with Gasteiger partial charge in [0.2, 0.25) is 21.8 Å². The highest BCUT2D eigenvalue weighted by atomic mass is 35.5. The molecule has 15 heteroatoms. The molecule has 0 aliphatic carbocycles. The number of benzene rings is 4. The number of hydrogen-bond acceptors (Lipinski definition) is 9. The van der Waals surface area contributed by atoms with Crippen molar-refractivity contribution in [1.82, 2.24) is 14.8 Å². The molecule has 1 fully saturated rings. The lowest BCUT2D eigenvalue weighted by Gasteiger charge is -2.33. The van der Waals surface area contributed by atoms with Gasteiger partial charge in [-0.3, -0.25) is 23.4 Å². The molecule has 5 N–H and O–H groups in total. The number of amides is 2. The van der Waals surface area contributed by atoms with E-state index in [2.05, 4.69) is 14.8 Å². The first kappa shape index (κ1) is 36.1. The number of sulfonamides is 1. The fraction of sp³-hybridized carbons (Fsp3) is 0.265. The first-order valence-electron chi connectivity index (χ1n) is 15.3. The van der Waals surface area contributed by atoms with Crippen molar-refractivity contribution in [2.75, 3.05) is 20.3 Å². The zero-order chi connectivity index (χ0) is 35.2. The summed E-state index contributed by atoms with van der Waals surface area (Å²) >= 11 is 6.49. The summed E-state index contributed by atoms with van der Waals surface area (Å²) in [5.41, 5.74) is 1.15. The van der Waals surface area contributed by atoms with Crippen LogP contribution in [0.25, 0.3) is 10.8 Å². The summed E-state index contributed by atoms with van der Waals surface area (Å²) in [7, 11) is -6.22. The monoisotopic (exact) mass is 729 g/mol. The van der Waals surface area contributed by atoms with Crippen molar-refractivity contribution < 1.29 is 41.4 Å². The molecule has 2 atom stereocenters. The van der Waals surface area contributed by atoms with Gasteiger partial charge >= 0.3 is 5.97 Å². The molecule has 1 saturated heterocycles. The van der Waals surface area contributed by atoms with Gasteiger partial charge in [-0.25, -0.2) is 13.2 Å². The third-order valence-corrected chi connectivity index (χ3v) is 11.5. The first-order valence-corrected chi connectivity index (χ1v) is 18.8. The van der Waals surface area contributed by atoms with Crippen LogP contribution in [0.4, 0.5) is 0 Å². The summed E-state index contributed by atoms with van der Waals surface area (Å²) in [5.74, 6) is -1.21. The van der Waals surface area contributed by atoms with Gasteiger partial charge in [-0.05, 0) is 71.5 Å². The molecule has 0 saturated carbocycles. The maximum Gasteiger partial charge on any atom is 0.341 e. The average molecular weight is 730 g/mol. The molecule has 260 valence electrons. The van der Waals surface area contributed by atoms with Crippen molar-refractivity contribution in [3.05, 3.63) is 107 Å². The van der Waals surface area contributed by atoms with E-state index < -0.39 is 49.9 Å². The van der Waals surface area contributed by atoms with Crippen LogP contribution in [0.3, 0.4) is 0 Å². The number of methoxy groups -OCH3 is 1. The minimum absolute atomic E-state index is 0.0121. The van der Waals surface area contributed by atoms with E-state index in [1.807, 2.05) is 24.3 Å². The Labute approximate surface area is 290 Å². The Morgan fingerprint density at radius 3 is 2.35 bits per heavy atom. The number of halogens is 1. The standard InChI is InChI=1S/C34H36ClN3O9S2/c1-46-34(41)27-19-23-9-5-6-10-24(23)20-30(27)47-16-8-7-15-36-33(40)29(37-48(42,43)25-11-3-2-4-12-25)18-22-13-14-26(28(35)17-22)31-21-32(39)38-49(31,44)45/h2-6,9-14,17,19-20,29,31,37,44-45H,7-8,15-16,18,21H2,1H3,(H,36,40)(H,38,39). The third kappa shape index (κ3) is 8.90. The van der Waals surface area contributed by atoms with Gasteiger partial charge in [0, 0.05) is 11.6 Å². The largest absolute Gasteiger partial charge is 0.493 e. The molecule has 4 aromatic carbocycles. The molecule has 5 rings (SSSR count). The topological polar surface area (TPSA) is 180 Å². The van der Waals surface area contributed by atoms with E-state index in [-0.39, 0.29) is 35.9 Å². The summed E-state index contributed by atoms with van der Waals surface area (Å²) in [6.07, 6.45) is 0.787. The molecule has 1 aliphatic heterocycles. The molecule has 2 amide bonds. The molecule has 0 bridgehead atoms. The van der Waals surface area contributed by atoms with Crippen LogP contribution in [0.15, 0.2) is 89.8 Å². The third-order valence-electron chi connectivity index (χ3n) is 7.93. The van der Waals surface area contributed by atoms with Crippen LogP contribution < -0.4 is 19.5 Å². The van der Waals surface area contributed by atoms with Crippen LogP contribution >= 0.6 is 22.4 Å². The predicted molar refractivity (Wildman–Crippen MR) is 187 cm³/mol. The second kappa shape index (κ2) is 15.6. The van der Waals surface area contributed by atoms with Crippen molar-refractivity contribution in [3.63, 3.8) is 0 Å². The van der Waals surface area contributed by atoms with Crippen molar-refractivity contribution in [3.8, 4) is 5.75 Å². The highest BCUT2D eigenvalue weighted by Gasteiger charge is 2.39.